The van der Waals surface area contributed by atoms with E-state index in [2.05, 4.69) is 15.5 Å². The molecule has 0 fully saturated rings. The minimum Gasteiger partial charge on any atom is -0.399 e. The highest BCUT2D eigenvalue weighted by atomic mass is 19.1. The molecule has 1 aromatic heterocycles. The average molecular weight is 248 g/mol. The molecule has 2 aromatic rings. The molecule has 2 rings (SSSR count). The zero-order chi connectivity index (χ0) is 13.1. The smallest absolute Gasteiger partial charge is 0.259 e. The molecule has 0 bridgehead atoms. The summed E-state index contributed by atoms with van der Waals surface area (Å²) in [6, 6.07) is 3.87. The van der Waals surface area contributed by atoms with E-state index in [1.165, 1.54) is 12.1 Å². The molecule has 6 heteroatoms. The number of H-pyrrole nitrogens is 1. The largest absolute Gasteiger partial charge is 0.399 e. The fourth-order valence-electron chi connectivity index (χ4n) is 1.59. The van der Waals surface area contributed by atoms with E-state index in [0.717, 1.165) is 11.6 Å². The van der Waals surface area contributed by atoms with Gasteiger partial charge >= 0.3 is 0 Å². The van der Waals surface area contributed by atoms with Crippen molar-refractivity contribution in [1.82, 2.24) is 10.2 Å². The quantitative estimate of drug-likeness (QED) is 0.726. The molecule has 0 radical (unpaired) electrons. The molecule has 0 aliphatic heterocycles. The number of halogens is 1. The third-order valence-corrected chi connectivity index (χ3v) is 2.57. The molecule has 1 aromatic carbocycles. The van der Waals surface area contributed by atoms with E-state index in [0.29, 0.717) is 17.9 Å². The Labute approximate surface area is 103 Å². The van der Waals surface area contributed by atoms with Crippen molar-refractivity contribution in [1.29, 1.82) is 0 Å². The van der Waals surface area contributed by atoms with Crippen LogP contribution in [0.3, 0.4) is 0 Å². The van der Waals surface area contributed by atoms with Crippen molar-refractivity contribution in [3.63, 3.8) is 0 Å². The van der Waals surface area contributed by atoms with Crippen LogP contribution in [0.2, 0.25) is 0 Å². The monoisotopic (exact) mass is 248 g/mol. The molecular weight excluding hydrogens is 235 g/mol. The fourth-order valence-corrected chi connectivity index (χ4v) is 1.59. The second-order valence-electron chi connectivity index (χ2n) is 3.82. The molecular formula is C12H13FN4O. The molecule has 0 spiro atoms. The molecule has 94 valence electrons. The van der Waals surface area contributed by atoms with Crippen LogP contribution in [-0.4, -0.2) is 16.1 Å². The van der Waals surface area contributed by atoms with Crippen LogP contribution in [0.25, 0.3) is 0 Å². The van der Waals surface area contributed by atoms with Gasteiger partial charge in [-0.1, -0.05) is 6.92 Å². The number of carbonyl (C=O) groups is 1. The first-order chi connectivity index (χ1) is 8.61. The Morgan fingerprint density at radius 3 is 3.06 bits per heavy atom. The third-order valence-electron chi connectivity index (χ3n) is 2.57. The molecule has 4 N–H and O–H groups in total. The van der Waals surface area contributed by atoms with Gasteiger partial charge in [-0.2, -0.15) is 5.10 Å². The van der Waals surface area contributed by atoms with Crippen molar-refractivity contribution in [2.75, 3.05) is 11.1 Å². The van der Waals surface area contributed by atoms with Crippen LogP contribution < -0.4 is 11.1 Å². The van der Waals surface area contributed by atoms with Crippen LogP contribution in [-0.2, 0) is 6.42 Å². The summed E-state index contributed by atoms with van der Waals surface area (Å²) in [7, 11) is 0. The highest BCUT2D eigenvalue weighted by Gasteiger charge is 2.14. The normalized spacial score (nSPS) is 10.3. The zero-order valence-corrected chi connectivity index (χ0v) is 9.83. The topological polar surface area (TPSA) is 83.8 Å². The van der Waals surface area contributed by atoms with Crippen LogP contribution in [0.4, 0.5) is 15.9 Å². The number of nitrogens with one attached hydrogen (secondary N) is 2. The molecule has 5 nitrogen and oxygen atoms in total. The highest BCUT2D eigenvalue weighted by Crippen LogP contribution is 2.16. The summed E-state index contributed by atoms with van der Waals surface area (Å²) in [5, 5.41) is 9.05. The number of hydrogen-bond acceptors (Lipinski definition) is 3. The summed E-state index contributed by atoms with van der Waals surface area (Å²) in [5.74, 6) is -0.692. The zero-order valence-electron chi connectivity index (χ0n) is 9.83. The minimum atomic E-state index is -0.612. The number of nitrogens with zero attached hydrogens (tertiary/aromatic N) is 1. The van der Waals surface area contributed by atoms with E-state index in [9.17, 15) is 9.18 Å². The number of hydrogen-bond donors (Lipinski definition) is 3. The van der Waals surface area contributed by atoms with Crippen LogP contribution in [0.15, 0.2) is 24.4 Å². The van der Waals surface area contributed by atoms with Gasteiger partial charge in [-0.15, -0.1) is 0 Å². The van der Waals surface area contributed by atoms with E-state index in [1.54, 1.807) is 6.20 Å². The molecule has 0 unspecified atom stereocenters. The van der Waals surface area contributed by atoms with Gasteiger partial charge < -0.3 is 11.1 Å². The van der Waals surface area contributed by atoms with Gasteiger partial charge in [0.15, 0.2) is 0 Å². The maximum absolute atomic E-state index is 13.5. The number of aromatic amines is 1. The lowest BCUT2D eigenvalue weighted by molar-refractivity contribution is 0.102. The first kappa shape index (κ1) is 12.1. The lowest BCUT2D eigenvalue weighted by Crippen LogP contribution is -2.15. The van der Waals surface area contributed by atoms with Gasteiger partial charge in [0, 0.05) is 11.3 Å². The van der Waals surface area contributed by atoms with Crippen molar-refractivity contribution in [2.45, 2.75) is 13.3 Å². The summed E-state index contributed by atoms with van der Waals surface area (Å²) in [6.45, 7) is 1.93. The summed E-state index contributed by atoms with van der Waals surface area (Å²) in [6.07, 6.45) is 2.33. The third kappa shape index (κ3) is 2.32. The molecule has 0 atom stereocenters. The van der Waals surface area contributed by atoms with Gasteiger partial charge in [0.25, 0.3) is 5.91 Å². The Balaban J connectivity index is 2.25. The van der Waals surface area contributed by atoms with E-state index < -0.39 is 11.7 Å². The van der Waals surface area contributed by atoms with Crippen molar-refractivity contribution in [2.24, 2.45) is 0 Å². The Hall–Kier alpha value is -2.37. The van der Waals surface area contributed by atoms with Crippen molar-refractivity contribution in [3.05, 3.63) is 41.3 Å². The lowest BCUT2D eigenvalue weighted by Gasteiger charge is -2.06. The number of amides is 1. The van der Waals surface area contributed by atoms with Gasteiger partial charge in [0.1, 0.15) is 11.6 Å². The molecule has 1 amide bonds. The number of benzene rings is 1. The number of aromatic nitrogens is 2. The molecule has 0 saturated heterocycles. The number of aryl methyl sites for hydroxylation is 1. The number of carbonyl (C=O) groups excluding carboxylic acids is 1. The van der Waals surface area contributed by atoms with Crippen LogP contribution >= 0.6 is 0 Å². The lowest BCUT2D eigenvalue weighted by atomic mass is 10.1. The van der Waals surface area contributed by atoms with E-state index in [-0.39, 0.29) is 5.56 Å². The van der Waals surface area contributed by atoms with E-state index in [1.807, 2.05) is 6.92 Å². The molecule has 1 heterocycles. The number of rotatable bonds is 3. The fraction of sp³-hybridized carbons (Fsp3) is 0.167. The highest BCUT2D eigenvalue weighted by molar-refractivity contribution is 6.04. The number of anilines is 2. The van der Waals surface area contributed by atoms with E-state index >= 15 is 0 Å². The Morgan fingerprint density at radius 2 is 2.33 bits per heavy atom. The molecule has 0 aliphatic rings. The Morgan fingerprint density at radius 1 is 1.56 bits per heavy atom. The summed E-state index contributed by atoms with van der Waals surface area (Å²) in [5.41, 5.74) is 6.63. The van der Waals surface area contributed by atoms with Gasteiger partial charge in [-0.05, 0) is 24.6 Å². The van der Waals surface area contributed by atoms with Crippen molar-refractivity contribution >= 4 is 17.4 Å². The van der Waals surface area contributed by atoms with Crippen molar-refractivity contribution < 1.29 is 9.18 Å². The van der Waals surface area contributed by atoms with E-state index in [4.69, 9.17) is 5.73 Å². The predicted octanol–water partition coefficient (Wildman–Crippen LogP) is 1.95. The standard InChI is InChI=1S/C12H13FN4O/c1-2-7-6-15-17-11(7)16-12(18)9-5-8(14)3-4-10(9)13/h3-6H,2,14H2,1H3,(H2,15,16,17,18). The Kier molecular flexibility index (Phi) is 3.27. The van der Waals surface area contributed by atoms with Crippen LogP contribution in [0, 0.1) is 5.82 Å². The Bertz CT molecular complexity index is 579. The number of nitrogens with two attached hydrogens (primary N) is 1. The SMILES string of the molecule is CCc1cn[nH]c1NC(=O)c1cc(N)ccc1F. The second-order valence-corrected chi connectivity index (χ2v) is 3.82. The first-order valence-corrected chi connectivity index (χ1v) is 5.50. The maximum Gasteiger partial charge on any atom is 0.259 e. The maximum atomic E-state index is 13.5. The van der Waals surface area contributed by atoms with Gasteiger partial charge in [-0.3, -0.25) is 9.89 Å². The summed E-state index contributed by atoms with van der Waals surface area (Å²) >= 11 is 0. The average Bonchev–Trinajstić information content (AvgIpc) is 2.79. The number of nitrogen functional groups attached to an aromatic ring is 1. The molecule has 0 aliphatic carbocycles. The summed E-state index contributed by atoms with van der Waals surface area (Å²) in [4.78, 5) is 11.9. The van der Waals surface area contributed by atoms with Crippen molar-refractivity contribution in [3.8, 4) is 0 Å². The van der Waals surface area contributed by atoms with Gasteiger partial charge in [-0.25, -0.2) is 4.39 Å². The van der Waals surface area contributed by atoms with Gasteiger partial charge in [0.05, 0.1) is 11.8 Å². The van der Waals surface area contributed by atoms with Crippen LogP contribution in [0.1, 0.15) is 22.8 Å². The van der Waals surface area contributed by atoms with Gasteiger partial charge in [0.2, 0.25) is 0 Å². The first-order valence-electron chi connectivity index (χ1n) is 5.50. The van der Waals surface area contributed by atoms with Crippen LogP contribution in [0.5, 0.6) is 0 Å². The second kappa shape index (κ2) is 4.87. The minimum absolute atomic E-state index is 0.0911. The molecule has 18 heavy (non-hydrogen) atoms. The molecule has 0 saturated carbocycles. The summed E-state index contributed by atoms with van der Waals surface area (Å²) < 4.78 is 13.5. The predicted molar refractivity (Wildman–Crippen MR) is 66.7 cm³/mol.